The quantitative estimate of drug-likeness (QED) is 0.534. The number of Topliss-reactive ketones (excluding diaryl/α,β-unsaturated/α-hetero) is 1. The largest absolute Gasteiger partial charge is 0.300 e. The third-order valence-electron chi connectivity index (χ3n) is 3.72. The van der Waals surface area contributed by atoms with Crippen molar-refractivity contribution in [2.24, 2.45) is 11.8 Å². The monoisotopic (exact) mass is 298 g/mol. The zero-order valence-electron chi connectivity index (χ0n) is 14.5. The summed E-state index contributed by atoms with van der Waals surface area (Å²) in [5, 5.41) is 0. The summed E-state index contributed by atoms with van der Waals surface area (Å²) in [6.45, 7) is 8.32. The molecule has 0 saturated carbocycles. The Bertz CT molecular complexity index is 508. The molecule has 120 valence electrons. The van der Waals surface area contributed by atoms with Crippen LogP contribution in [0.15, 0.2) is 36.4 Å². The maximum atomic E-state index is 11.0. The lowest BCUT2D eigenvalue weighted by molar-refractivity contribution is -0.117. The number of hydrogen-bond donors (Lipinski definition) is 0. The Morgan fingerprint density at radius 1 is 1.09 bits per heavy atom. The standard InChI is InChI=1S/C21H30O/c1-17(2)15-16-21-13-6-5-12-20(21)14-8-10-18(3)9-7-11-19(4)22/h5-6,8,12-18H,7,9-11H2,1-4H3/b14-8+,16-15+. The molecule has 1 nitrogen and oxygen atoms in total. The van der Waals surface area contributed by atoms with Crippen LogP contribution in [0, 0.1) is 11.8 Å². The molecule has 1 atom stereocenters. The Morgan fingerprint density at radius 2 is 1.73 bits per heavy atom. The molecular weight excluding hydrogens is 268 g/mol. The first-order valence-corrected chi connectivity index (χ1v) is 8.42. The van der Waals surface area contributed by atoms with Crippen molar-refractivity contribution >= 4 is 17.9 Å². The van der Waals surface area contributed by atoms with Crippen molar-refractivity contribution in [1.82, 2.24) is 0 Å². The van der Waals surface area contributed by atoms with Crippen molar-refractivity contribution in [3.8, 4) is 0 Å². The second-order valence-electron chi connectivity index (χ2n) is 6.57. The average molecular weight is 298 g/mol. The number of rotatable bonds is 9. The SMILES string of the molecule is CC(=O)CCCC(C)C/C=C/c1ccccc1/C=C/C(C)C. The average Bonchev–Trinajstić information content (AvgIpc) is 2.45. The molecule has 1 rings (SSSR count). The van der Waals surface area contributed by atoms with E-state index < -0.39 is 0 Å². The van der Waals surface area contributed by atoms with E-state index in [0.29, 0.717) is 17.6 Å². The topological polar surface area (TPSA) is 17.1 Å². The fraction of sp³-hybridized carbons (Fsp3) is 0.476. The lowest BCUT2D eigenvalue weighted by atomic mass is 9.98. The summed E-state index contributed by atoms with van der Waals surface area (Å²) < 4.78 is 0. The van der Waals surface area contributed by atoms with E-state index in [1.54, 1.807) is 6.92 Å². The minimum Gasteiger partial charge on any atom is -0.300 e. The van der Waals surface area contributed by atoms with Crippen molar-refractivity contribution in [2.45, 2.75) is 53.4 Å². The third-order valence-corrected chi connectivity index (χ3v) is 3.72. The van der Waals surface area contributed by atoms with Gasteiger partial charge >= 0.3 is 0 Å². The van der Waals surface area contributed by atoms with Gasteiger partial charge in [0, 0.05) is 6.42 Å². The van der Waals surface area contributed by atoms with Crippen LogP contribution < -0.4 is 0 Å². The number of allylic oxidation sites excluding steroid dienone is 2. The van der Waals surface area contributed by atoms with E-state index in [1.165, 1.54) is 11.1 Å². The Labute approximate surface area is 136 Å². The van der Waals surface area contributed by atoms with Crippen molar-refractivity contribution in [3.05, 3.63) is 47.5 Å². The Hall–Kier alpha value is -1.63. The number of hydrogen-bond acceptors (Lipinski definition) is 1. The highest BCUT2D eigenvalue weighted by molar-refractivity contribution is 5.75. The van der Waals surface area contributed by atoms with E-state index in [9.17, 15) is 4.79 Å². The molecule has 1 unspecified atom stereocenters. The van der Waals surface area contributed by atoms with Crippen molar-refractivity contribution in [1.29, 1.82) is 0 Å². The summed E-state index contributed by atoms with van der Waals surface area (Å²) in [5.41, 5.74) is 2.55. The van der Waals surface area contributed by atoms with Crippen LogP contribution in [0.25, 0.3) is 12.2 Å². The minimum atomic E-state index is 0.300. The molecule has 0 aliphatic rings. The van der Waals surface area contributed by atoms with Gasteiger partial charge in [0.15, 0.2) is 0 Å². The summed E-state index contributed by atoms with van der Waals surface area (Å²) in [4.78, 5) is 11.0. The molecule has 0 aliphatic carbocycles. The summed E-state index contributed by atoms with van der Waals surface area (Å²) in [6, 6.07) is 8.50. The van der Waals surface area contributed by atoms with Gasteiger partial charge in [-0.3, -0.25) is 0 Å². The Balaban J connectivity index is 2.54. The van der Waals surface area contributed by atoms with Gasteiger partial charge in [-0.25, -0.2) is 0 Å². The van der Waals surface area contributed by atoms with Gasteiger partial charge in [0.05, 0.1) is 0 Å². The molecular formula is C21H30O. The molecule has 0 bridgehead atoms. The highest BCUT2D eigenvalue weighted by atomic mass is 16.1. The van der Waals surface area contributed by atoms with Crippen LogP contribution in [0.3, 0.4) is 0 Å². The first-order chi connectivity index (χ1) is 10.5. The van der Waals surface area contributed by atoms with Crippen molar-refractivity contribution < 1.29 is 4.79 Å². The zero-order chi connectivity index (χ0) is 16.4. The molecule has 0 amide bonds. The third kappa shape index (κ3) is 7.97. The van der Waals surface area contributed by atoms with Crippen LogP contribution in [0.5, 0.6) is 0 Å². The normalized spacial score (nSPS) is 13.3. The molecule has 22 heavy (non-hydrogen) atoms. The second kappa shape index (κ2) is 10.2. The van der Waals surface area contributed by atoms with Crippen LogP contribution >= 0.6 is 0 Å². The molecule has 0 heterocycles. The van der Waals surface area contributed by atoms with Gasteiger partial charge in [0.1, 0.15) is 5.78 Å². The lowest BCUT2D eigenvalue weighted by Gasteiger charge is -2.07. The van der Waals surface area contributed by atoms with Crippen LogP contribution in [0.2, 0.25) is 0 Å². The van der Waals surface area contributed by atoms with Gasteiger partial charge in [-0.15, -0.1) is 0 Å². The molecule has 0 saturated heterocycles. The Kier molecular flexibility index (Phi) is 8.50. The van der Waals surface area contributed by atoms with Crippen LogP contribution in [-0.2, 0) is 4.79 Å². The number of benzene rings is 1. The van der Waals surface area contributed by atoms with Crippen molar-refractivity contribution in [3.63, 3.8) is 0 Å². The molecule has 1 heteroatoms. The maximum Gasteiger partial charge on any atom is 0.129 e. The number of carbonyl (C=O) groups excluding carboxylic acids is 1. The molecule has 1 aromatic carbocycles. The molecule has 0 radical (unpaired) electrons. The van der Waals surface area contributed by atoms with Gasteiger partial charge in [0.25, 0.3) is 0 Å². The van der Waals surface area contributed by atoms with E-state index in [0.717, 1.165) is 25.7 Å². The molecule has 0 N–H and O–H groups in total. The fourth-order valence-corrected chi connectivity index (χ4v) is 2.36. The van der Waals surface area contributed by atoms with Crippen LogP contribution in [0.4, 0.5) is 0 Å². The first kappa shape index (κ1) is 18.4. The smallest absolute Gasteiger partial charge is 0.129 e. The predicted octanol–water partition coefficient (Wildman–Crippen LogP) is 6.15. The van der Waals surface area contributed by atoms with Crippen LogP contribution in [0.1, 0.15) is 64.5 Å². The number of ketones is 1. The zero-order valence-corrected chi connectivity index (χ0v) is 14.5. The highest BCUT2D eigenvalue weighted by Gasteiger charge is 2.01. The predicted molar refractivity (Wildman–Crippen MR) is 97.7 cm³/mol. The Morgan fingerprint density at radius 3 is 2.32 bits per heavy atom. The highest BCUT2D eigenvalue weighted by Crippen LogP contribution is 2.17. The molecule has 0 aromatic heterocycles. The van der Waals surface area contributed by atoms with E-state index in [2.05, 4.69) is 69.3 Å². The maximum absolute atomic E-state index is 11.0. The lowest BCUT2D eigenvalue weighted by Crippen LogP contribution is -1.96. The summed E-state index contributed by atoms with van der Waals surface area (Å²) in [5.74, 6) is 1.50. The molecule has 0 spiro atoms. The van der Waals surface area contributed by atoms with E-state index >= 15 is 0 Å². The summed E-state index contributed by atoms with van der Waals surface area (Å²) >= 11 is 0. The van der Waals surface area contributed by atoms with Gasteiger partial charge in [0.2, 0.25) is 0 Å². The fourth-order valence-electron chi connectivity index (χ4n) is 2.36. The molecule has 0 fully saturated rings. The van der Waals surface area contributed by atoms with Gasteiger partial charge in [-0.2, -0.15) is 0 Å². The van der Waals surface area contributed by atoms with Gasteiger partial charge < -0.3 is 4.79 Å². The first-order valence-electron chi connectivity index (χ1n) is 8.42. The molecule has 1 aromatic rings. The summed E-state index contributed by atoms with van der Waals surface area (Å²) in [6.07, 6.45) is 12.9. The van der Waals surface area contributed by atoms with Gasteiger partial charge in [-0.1, -0.05) is 69.3 Å². The summed E-state index contributed by atoms with van der Waals surface area (Å²) in [7, 11) is 0. The van der Waals surface area contributed by atoms with Crippen LogP contribution in [-0.4, -0.2) is 5.78 Å². The minimum absolute atomic E-state index is 0.300. The number of carbonyl (C=O) groups is 1. The van der Waals surface area contributed by atoms with E-state index in [4.69, 9.17) is 0 Å². The second-order valence-corrected chi connectivity index (χ2v) is 6.57. The molecule has 0 aliphatic heterocycles. The van der Waals surface area contributed by atoms with E-state index in [1.807, 2.05) is 0 Å². The van der Waals surface area contributed by atoms with Gasteiger partial charge in [-0.05, 0) is 49.1 Å². The van der Waals surface area contributed by atoms with E-state index in [-0.39, 0.29) is 0 Å². The van der Waals surface area contributed by atoms with Crippen molar-refractivity contribution in [2.75, 3.05) is 0 Å².